The molecule has 0 aliphatic carbocycles. The monoisotopic (exact) mass is 408 g/mol. The van der Waals surface area contributed by atoms with E-state index in [-0.39, 0.29) is 5.69 Å². The van der Waals surface area contributed by atoms with Crippen LogP contribution in [0.5, 0.6) is 0 Å². The van der Waals surface area contributed by atoms with Crippen LogP contribution in [0, 0.1) is 0 Å². The molecule has 148 valence electrons. The molecule has 4 aromatic rings. The summed E-state index contributed by atoms with van der Waals surface area (Å²) < 4.78 is 0. The highest BCUT2D eigenvalue weighted by Crippen LogP contribution is 2.39. The van der Waals surface area contributed by atoms with E-state index >= 15 is 0 Å². The Bertz CT molecular complexity index is 1300. The number of pyridine rings is 1. The first-order valence-corrected chi connectivity index (χ1v) is 9.74. The van der Waals surface area contributed by atoms with Gasteiger partial charge in [0.05, 0.1) is 21.6 Å². The van der Waals surface area contributed by atoms with E-state index in [1.54, 1.807) is 13.2 Å². The van der Waals surface area contributed by atoms with Gasteiger partial charge in [0, 0.05) is 29.8 Å². The summed E-state index contributed by atoms with van der Waals surface area (Å²) in [5, 5.41) is 1.44. The molecule has 0 bridgehead atoms. The standard InChI is InChI=1S/C22H21ClN4O2/c1-4-14(12(2)29-24-3)13-9-16(21-19(10-13)26-22(28)27-21)20-15-7-5-6-8-18(15)25-11-17(20)23/h5-11,24H,4H2,1-3H3,(H2,26,27,28)/b14-12+. The van der Waals surface area contributed by atoms with Crippen LogP contribution in [0.3, 0.4) is 0 Å². The zero-order valence-electron chi connectivity index (χ0n) is 16.4. The first-order valence-electron chi connectivity index (χ1n) is 9.36. The molecule has 0 unspecified atom stereocenters. The molecule has 3 N–H and O–H groups in total. The summed E-state index contributed by atoms with van der Waals surface area (Å²) in [6.07, 6.45) is 2.41. The van der Waals surface area contributed by atoms with Gasteiger partial charge in [-0.1, -0.05) is 36.7 Å². The first-order chi connectivity index (χ1) is 14.0. The Balaban J connectivity index is 2.10. The van der Waals surface area contributed by atoms with Crippen molar-refractivity contribution in [3.8, 4) is 11.1 Å². The summed E-state index contributed by atoms with van der Waals surface area (Å²) >= 11 is 6.61. The van der Waals surface area contributed by atoms with Gasteiger partial charge in [-0.15, -0.1) is 0 Å². The van der Waals surface area contributed by atoms with E-state index in [1.165, 1.54) is 0 Å². The number of nitrogens with one attached hydrogen (secondary N) is 3. The van der Waals surface area contributed by atoms with Crippen LogP contribution in [0.15, 0.2) is 53.1 Å². The van der Waals surface area contributed by atoms with Crippen molar-refractivity contribution in [3.05, 3.63) is 69.4 Å². The lowest BCUT2D eigenvalue weighted by Gasteiger charge is -2.15. The number of imidazole rings is 1. The van der Waals surface area contributed by atoms with Crippen molar-refractivity contribution in [1.29, 1.82) is 0 Å². The fourth-order valence-corrected chi connectivity index (χ4v) is 4.03. The van der Waals surface area contributed by atoms with Crippen molar-refractivity contribution >= 4 is 39.1 Å². The number of nitrogens with zero attached hydrogens (tertiary/aromatic N) is 1. The van der Waals surface area contributed by atoms with Crippen LogP contribution in [0.2, 0.25) is 5.02 Å². The maximum Gasteiger partial charge on any atom is 0.323 e. The molecule has 0 saturated carbocycles. The number of benzene rings is 2. The van der Waals surface area contributed by atoms with Crippen molar-refractivity contribution in [3.63, 3.8) is 0 Å². The van der Waals surface area contributed by atoms with Gasteiger partial charge in [-0.2, -0.15) is 5.48 Å². The predicted molar refractivity (Wildman–Crippen MR) is 118 cm³/mol. The number of rotatable bonds is 5. The van der Waals surface area contributed by atoms with Crippen molar-refractivity contribution in [1.82, 2.24) is 20.4 Å². The average Bonchev–Trinajstić information content (AvgIpc) is 3.08. The normalized spacial score (nSPS) is 12.4. The second-order valence-corrected chi connectivity index (χ2v) is 7.13. The molecule has 0 radical (unpaired) electrons. The fraction of sp³-hybridized carbons (Fsp3) is 0.182. The summed E-state index contributed by atoms with van der Waals surface area (Å²) in [6.45, 7) is 3.98. The Morgan fingerprint density at radius 2 is 2.03 bits per heavy atom. The maximum atomic E-state index is 12.1. The molecule has 7 heteroatoms. The average molecular weight is 409 g/mol. The number of fused-ring (bicyclic) bond motifs is 2. The van der Waals surface area contributed by atoms with E-state index in [2.05, 4.69) is 27.4 Å². The Morgan fingerprint density at radius 1 is 1.24 bits per heavy atom. The third kappa shape index (κ3) is 3.41. The second-order valence-electron chi connectivity index (χ2n) is 6.72. The van der Waals surface area contributed by atoms with Gasteiger partial charge in [0.15, 0.2) is 0 Å². The van der Waals surface area contributed by atoms with Crippen molar-refractivity contribution < 1.29 is 4.84 Å². The quantitative estimate of drug-likeness (QED) is 0.320. The number of hydroxylamine groups is 1. The van der Waals surface area contributed by atoms with E-state index in [0.29, 0.717) is 16.1 Å². The highest BCUT2D eigenvalue weighted by atomic mass is 35.5. The third-order valence-corrected chi connectivity index (χ3v) is 5.29. The van der Waals surface area contributed by atoms with Crippen LogP contribution >= 0.6 is 11.6 Å². The molecule has 6 nitrogen and oxygen atoms in total. The predicted octanol–water partition coefficient (Wildman–Crippen LogP) is 5.02. The van der Waals surface area contributed by atoms with Crippen molar-refractivity contribution in [2.75, 3.05) is 7.05 Å². The van der Waals surface area contributed by atoms with Gasteiger partial charge in [-0.25, -0.2) is 4.79 Å². The van der Waals surface area contributed by atoms with Gasteiger partial charge in [-0.3, -0.25) is 4.98 Å². The Hall–Kier alpha value is -3.09. The molecule has 0 fully saturated rings. The zero-order chi connectivity index (χ0) is 20.5. The van der Waals surface area contributed by atoms with Gasteiger partial charge in [-0.05, 0) is 42.7 Å². The molecule has 0 aliphatic heterocycles. The van der Waals surface area contributed by atoms with Crippen LogP contribution in [0.4, 0.5) is 0 Å². The SMILES string of the molecule is CC/C(=C(/C)ONC)c1cc(-c2c(Cl)cnc3ccccc23)c2[nH]c(=O)[nH]c2c1. The van der Waals surface area contributed by atoms with Crippen LogP contribution in [-0.4, -0.2) is 22.0 Å². The Labute approximate surface area is 172 Å². The van der Waals surface area contributed by atoms with Gasteiger partial charge < -0.3 is 14.8 Å². The topological polar surface area (TPSA) is 82.8 Å². The van der Waals surface area contributed by atoms with Crippen molar-refractivity contribution in [2.45, 2.75) is 20.3 Å². The lowest BCUT2D eigenvalue weighted by molar-refractivity contribution is 0.129. The van der Waals surface area contributed by atoms with E-state index in [4.69, 9.17) is 16.4 Å². The number of hydrogen-bond donors (Lipinski definition) is 3. The molecule has 2 aromatic heterocycles. The number of para-hydroxylation sites is 1. The summed E-state index contributed by atoms with van der Waals surface area (Å²) in [5.41, 5.74) is 8.36. The molecular weight excluding hydrogens is 388 g/mol. The molecular formula is C22H21ClN4O2. The van der Waals surface area contributed by atoms with Gasteiger partial charge >= 0.3 is 5.69 Å². The summed E-state index contributed by atoms with van der Waals surface area (Å²) in [4.78, 5) is 27.8. The summed E-state index contributed by atoms with van der Waals surface area (Å²) in [6, 6.07) is 11.8. The molecule has 2 heterocycles. The van der Waals surface area contributed by atoms with Crippen molar-refractivity contribution in [2.24, 2.45) is 0 Å². The largest absolute Gasteiger partial charge is 0.413 e. The van der Waals surface area contributed by atoms with Gasteiger partial charge in [0.1, 0.15) is 5.76 Å². The molecule has 2 aromatic carbocycles. The van der Waals surface area contributed by atoms with Crippen LogP contribution in [0.25, 0.3) is 38.6 Å². The number of halogens is 1. The van der Waals surface area contributed by atoms with Crippen LogP contribution in [-0.2, 0) is 4.84 Å². The fourth-order valence-electron chi connectivity index (χ4n) is 3.78. The number of aromatic amines is 2. The van der Waals surface area contributed by atoms with E-state index in [1.807, 2.05) is 43.3 Å². The lowest BCUT2D eigenvalue weighted by atomic mass is 9.94. The molecule has 0 amide bonds. The zero-order valence-corrected chi connectivity index (χ0v) is 17.1. The lowest BCUT2D eigenvalue weighted by Crippen LogP contribution is -2.07. The minimum absolute atomic E-state index is 0.266. The van der Waals surface area contributed by atoms with Gasteiger partial charge in [0.25, 0.3) is 0 Å². The number of H-pyrrole nitrogens is 2. The maximum absolute atomic E-state index is 12.1. The van der Waals surface area contributed by atoms with E-state index < -0.39 is 0 Å². The number of allylic oxidation sites excluding steroid dienone is 2. The molecule has 0 saturated heterocycles. The Morgan fingerprint density at radius 3 is 2.79 bits per heavy atom. The molecule has 0 spiro atoms. The molecule has 0 aliphatic rings. The van der Waals surface area contributed by atoms with Gasteiger partial charge in [0.2, 0.25) is 0 Å². The smallest absolute Gasteiger partial charge is 0.323 e. The third-order valence-electron chi connectivity index (χ3n) is 5.01. The molecule has 29 heavy (non-hydrogen) atoms. The molecule has 0 atom stereocenters. The number of hydrogen-bond acceptors (Lipinski definition) is 4. The minimum atomic E-state index is -0.266. The van der Waals surface area contributed by atoms with Crippen LogP contribution in [0.1, 0.15) is 25.8 Å². The Kier molecular flexibility index (Phi) is 5.13. The first kappa shape index (κ1) is 19.2. The highest BCUT2D eigenvalue weighted by Gasteiger charge is 2.17. The van der Waals surface area contributed by atoms with E-state index in [0.717, 1.165) is 45.3 Å². The summed E-state index contributed by atoms with van der Waals surface area (Å²) in [7, 11) is 1.72. The highest BCUT2D eigenvalue weighted by molar-refractivity contribution is 6.35. The molecule has 4 rings (SSSR count). The second kappa shape index (κ2) is 7.73. The number of aromatic nitrogens is 3. The van der Waals surface area contributed by atoms with Crippen LogP contribution < -0.4 is 11.2 Å². The summed E-state index contributed by atoms with van der Waals surface area (Å²) in [5.74, 6) is 0.767. The minimum Gasteiger partial charge on any atom is -0.413 e. The van der Waals surface area contributed by atoms with E-state index in [9.17, 15) is 4.79 Å².